The van der Waals surface area contributed by atoms with Gasteiger partial charge in [-0.05, 0) is 54.4 Å². The molecular formula is C24H24FNO5S. The molecular weight excluding hydrogens is 433 g/mol. The second kappa shape index (κ2) is 10.3. The molecule has 0 aliphatic carbocycles. The van der Waals surface area contributed by atoms with Crippen LogP contribution in [0.25, 0.3) is 0 Å². The first-order valence-corrected chi connectivity index (χ1v) is 11.5. The predicted molar refractivity (Wildman–Crippen MR) is 119 cm³/mol. The Balaban J connectivity index is 1.63. The topological polar surface area (TPSA) is 81.7 Å². The van der Waals surface area contributed by atoms with Gasteiger partial charge in [0.2, 0.25) is 5.91 Å². The van der Waals surface area contributed by atoms with Crippen LogP contribution in [0.1, 0.15) is 18.1 Å². The summed E-state index contributed by atoms with van der Waals surface area (Å²) in [7, 11) is -2.42. The summed E-state index contributed by atoms with van der Waals surface area (Å²) in [4.78, 5) is 12.4. The van der Waals surface area contributed by atoms with Crippen LogP contribution in [0.3, 0.4) is 0 Å². The number of amides is 1. The van der Waals surface area contributed by atoms with E-state index < -0.39 is 26.8 Å². The standard InChI is InChI=1S/C24H24FNO5S/c1-17(32(28,29)21-11-9-20(25)10-12-21)24(27)26-15-19-8-13-22(23(14-19)30-2)31-16-18-6-4-3-5-7-18/h3-14,17H,15-16H2,1-2H3,(H,26,27). The molecule has 8 heteroatoms. The van der Waals surface area contributed by atoms with Crippen molar-refractivity contribution in [2.45, 2.75) is 30.2 Å². The zero-order valence-corrected chi connectivity index (χ0v) is 18.6. The first-order chi connectivity index (χ1) is 15.3. The van der Waals surface area contributed by atoms with Crippen molar-refractivity contribution in [2.75, 3.05) is 7.11 Å². The highest BCUT2D eigenvalue weighted by molar-refractivity contribution is 7.92. The predicted octanol–water partition coefficient (Wildman–Crippen LogP) is 3.89. The number of hydrogen-bond donors (Lipinski definition) is 1. The molecule has 0 aromatic heterocycles. The Morgan fingerprint density at radius 1 is 0.969 bits per heavy atom. The van der Waals surface area contributed by atoms with Crippen LogP contribution in [-0.4, -0.2) is 26.7 Å². The van der Waals surface area contributed by atoms with Gasteiger partial charge in [0.05, 0.1) is 12.0 Å². The molecule has 0 saturated carbocycles. The third-order valence-corrected chi connectivity index (χ3v) is 6.98. The molecule has 3 aromatic carbocycles. The second-order valence-electron chi connectivity index (χ2n) is 7.12. The summed E-state index contributed by atoms with van der Waals surface area (Å²) < 4.78 is 49.5. The molecule has 0 fully saturated rings. The summed E-state index contributed by atoms with van der Waals surface area (Å²) in [6.45, 7) is 1.79. The quantitative estimate of drug-likeness (QED) is 0.493. The van der Waals surface area contributed by atoms with Gasteiger partial charge in [-0.1, -0.05) is 36.4 Å². The van der Waals surface area contributed by atoms with Crippen molar-refractivity contribution < 1.29 is 27.1 Å². The Morgan fingerprint density at radius 3 is 2.31 bits per heavy atom. The van der Waals surface area contributed by atoms with Crippen molar-refractivity contribution in [1.82, 2.24) is 5.32 Å². The Morgan fingerprint density at radius 2 is 1.66 bits per heavy atom. The van der Waals surface area contributed by atoms with Crippen LogP contribution in [0.5, 0.6) is 11.5 Å². The van der Waals surface area contributed by atoms with E-state index in [0.29, 0.717) is 23.7 Å². The highest BCUT2D eigenvalue weighted by Gasteiger charge is 2.29. The van der Waals surface area contributed by atoms with Gasteiger partial charge in [-0.15, -0.1) is 0 Å². The van der Waals surface area contributed by atoms with E-state index >= 15 is 0 Å². The largest absolute Gasteiger partial charge is 0.493 e. The molecule has 0 spiro atoms. The summed E-state index contributed by atoms with van der Waals surface area (Å²) in [5.41, 5.74) is 1.73. The van der Waals surface area contributed by atoms with Crippen molar-refractivity contribution in [3.8, 4) is 11.5 Å². The molecule has 1 atom stereocenters. The van der Waals surface area contributed by atoms with Gasteiger partial charge in [0.15, 0.2) is 21.3 Å². The first kappa shape index (κ1) is 23.3. The van der Waals surface area contributed by atoms with Crippen LogP contribution in [0, 0.1) is 5.82 Å². The Bertz CT molecular complexity index is 1160. The zero-order valence-electron chi connectivity index (χ0n) is 17.7. The monoisotopic (exact) mass is 457 g/mol. The molecule has 0 radical (unpaired) electrons. The third kappa shape index (κ3) is 5.64. The van der Waals surface area contributed by atoms with Crippen LogP contribution in [0.2, 0.25) is 0 Å². The van der Waals surface area contributed by atoms with Gasteiger partial charge in [-0.2, -0.15) is 0 Å². The summed E-state index contributed by atoms with van der Waals surface area (Å²) >= 11 is 0. The molecule has 0 saturated heterocycles. The van der Waals surface area contributed by atoms with E-state index in [2.05, 4.69) is 5.32 Å². The van der Waals surface area contributed by atoms with Crippen molar-refractivity contribution in [3.63, 3.8) is 0 Å². The fraction of sp³-hybridized carbons (Fsp3) is 0.208. The van der Waals surface area contributed by atoms with Crippen molar-refractivity contribution >= 4 is 15.7 Å². The number of benzene rings is 3. The fourth-order valence-electron chi connectivity index (χ4n) is 2.98. The summed E-state index contributed by atoms with van der Waals surface area (Å²) in [6, 6.07) is 19.3. The highest BCUT2D eigenvalue weighted by atomic mass is 32.2. The minimum absolute atomic E-state index is 0.108. The first-order valence-electron chi connectivity index (χ1n) is 9.92. The number of rotatable bonds is 9. The molecule has 3 rings (SSSR count). The van der Waals surface area contributed by atoms with Crippen molar-refractivity contribution in [3.05, 3.63) is 89.7 Å². The van der Waals surface area contributed by atoms with Crippen LogP contribution < -0.4 is 14.8 Å². The lowest BCUT2D eigenvalue weighted by Crippen LogP contribution is -2.37. The van der Waals surface area contributed by atoms with Gasteiger partial charge in [-0.3, -0.25) is 4.79 Å². The lowest BCUT2D eigenvalue weighted by molar-refractivity contribution is -0.120. The van der Waals surface area contributed by atoms with Crippen LogP contribution in [0.4, 0.5) is 4.39 Å². The number of hydrogen-bond acceptors (Lipinski definition) is 5. The second-order valence-corrected chi connectivity index (χ2v) is 9.39. The van der Waals surface area contributed by atoms with E-state index in [1.54, 1.807) is 18.2 Å². The number of sulfone groups is 1. The molecule has 0 bridgehead atoms. The number of carbonyl (C=O) groups excluding carboxylic acids is 1. The van der Waals surface area contributed by atoms with Gasteiger partial charge in [0.1, 0.15) is 17.7 Å². The van der Waals surface area contributed by atoms with E-state index in [9.17, 15) is 17.6 Å². The summed E-state index contributed by atoms with van der Waals surface area (Å²) in [5, 5.41) is 1.30. The average Bonchev–Trinajstić information content (AvgIpc) is 2.81. The number of halogens is 1. The fourth-order valence-corrected chi connectivity index (χ4v) is 4.27. The van der Waals surface area contributed by atoms with E-state index in [-0.39, 0.29) is 11.4 Å². The smallest absolute Gasteiger partial charge is 0.238 e. The molecule has 168 valence electrons. The number of nitrogens with one attached hydrogen (secondary N) is 1. The van der Waals surface area contributed by atoms with E-state index in [1.165, 1.54) is 14.0 Å². The van der Waals surface area contributed by atoms with E-state index in [0.717, 1.165) is 29.8 Å². The zero-order chi connectivity index (χ0) is 23.1. The van der Waals surface area contributed by atoms with Crippen LogP contribution >= 0.6 is 0 Å². The van der Waals surface area contributed by atoms with Crippen LogP contribution in [0.15, 0.2) is 77.7 Å². The minimum atomic E-state index is -3.94. The molecule has 32 heavy (non-hydrogen) atoms. The summed E-state index contributed by atoms with van der Waals surface area (Å²) in [5.74, 6) is -0.151. The molecule has 1 amide bonds. The van der Waals surface area contributed by atoms with Crippen LogP contribution in [-0.2, 0) is 27.8 Å². The summed E-state index contributed by atoms with van der Waals surface area (Å²) in [6.07, 6.45) is 0. The Kier molecular flexibility index (Phi) is 7.48. The molecule has 0 aliphatic heterocycles. The lowest BCUT2D eigenvalue weighted by Gasteiger charge is -2.15. The Labute approximate surface area is 186 Å². The third-order valence-electron chi connectivity index (χ3n) is 4.91. The molecule has 0 aliphatic rings. The number of methoxy groups -OCH3 is 1. The lowest BCUT2D eigenvalue weighted by atomic mass is 10.2. The van der Waals surface area contributed by atoms with Gasteiger partial charge in [-0.25, -0.2) is 12.8 Å². The van der Waals surface area contributed by atoms with Gasteiger partial charge in [0.25, 0.3) is 0 Å². The maximum Gasteiger partial charge on any atom is 0.238 e. The van der Waals surface area contributed by atoms with E-state index in [1.807, 2.05) is 30.3 Å². The maximum absolute atomic E-state index is 13.1. The number of ether oxygens (including phenoxy) is 2. The van der Waals surface area contributed by atoms with Gasteiger partial charge in [0, 0.05) is 6.54 Å². The molecule has 6 nitrogen and oxygen atoms in total. The Hall–Kier alpha value is -3.39. The molecule has 0 heterocycles. The molecule has 1 unspecified atom stereocenters. The van der Waals surface area contributed by atoms with Crippen molar-refractivity contribution in [1.29, 1.82) is 0 Å². The maximum atomic E-state index is 13.1. The SMILES string of the molecule is COc1cc(CNC(=O)C(C)S(=O)(=O)c2ccc(F)cc2)ccc1OCc1ccccc1. The minimum Gasteiger partial charge on any atom is -0.493 e. The average molecular weight is 458 g/mol. The normalized spacial score (nSPS) is 12.1. The highest BCUT2D eigenvalue weighted by Crippen LogP contribution is 2.29. The van der Waals surface area contributed by atoms with Gasteiger partial charge >= 0.3 is 0 Å². The van der Waals surface area contributed by atoms with E-state index in [4.69, 9.17) is 9.47 Å². The van der Waals surface area contributed by atoms with Gasteiger partial charge < -0.3 is 14.8 Å². The molecule has 1 N–H and O–H groups in total. The van der Waals surface area contributed by atoms with Crippen molar-refractivity contribution in [2.24, 2.45) is 0 Å². The number of carbonyl (C=O) groups is 1. The molecule has 3 aromatic rings.